The van der Waals surface area contributed by atoms with Crippen LogP contribution in [-0.2, 0) is 9.59 Å². The molecule has 0 bridgehead atoms. The first-order valence-electron chi connectivity index (χ1n) is 8.95. The average molecular weight is 477 g/mol. The number of carboxylic acid groups (broad SMARTS) is 2. The lowest BCUT2D eigenvalue weighted by molar-refractivity contribution is -0.193. The second-order valence-corrected chi connectivity index (χ2v) is 6.71. The topological polar surface area (TPSA) is 116 Å². The molecule has 0 unspecified atom stereocenters. The van der Waals surface area contributed by atoms with E-state index in [2.05, 4.69) is 30.0 Å². The number of carboxylic acids is 2. The Bertz CT molecular complexity index is 724. The van der Waals surface area contributed by atoms with Gasteiger partial charge < -0.3 is 30.5 Å². The largest absolute Gasteiger partial charge is 0.495 e. The highest BCUT2D eigenvalue weighted by atomic mass is 19.4. The van der Waals surface area contributed by atoms with Crippen LogP contribution in [-0.4, -0.2) is 79.7 Å². The summed E-state index contributed by atoms with van der Waals surface area (Å²) in [5, 5.41) is 14.2. The number of anilines is 2. The van der Waals surface area contributed by atoms with E-state index in [9.17, 15) is 26.3 Å². The van der Waals surface area contributed by atoms with Crippen molar-refractivity contribution in [1.29, 1.82) is 0 Å². The Morgan fingerprint density at radius 1 is 1.03 bits per heavy atom. The number of hydrogen-bond donors (Lipinski definition) is 3. The summed E-state index contributed by atoms with van der Waals surface area (Å²) in [6.07, 6.45) is -7.75. The van der Waals surface area contributed by atoms with E-state index in [0.717, 1.165) is 18.8 Å². The molecule has 0 spiro atoms. The van der Waals surface area contributed by atoms with Crippen molar-refractivity contribution in [2.24, 2.45) is 0 Å². The number of methoxy groups -OCH3 is 1. The number of nitrogen functional groups attached to an aromatic ring is 1. The van der Waals surface area contributed by atoms with E-state index in [0.29, 0.717) is 11.7 Å². The Morgan fingerprint density at radius 3 is 1.75 bits per heavy atom. The predicted molar refractivity (Wildman–Crippen MR) is 104 cm³/mol. The van der Waals surface area contributed by atoms with Gasteiger partial charge in [-0.2, -0.15) is 26.3 Å². The number of aliphatic carboxylic acids is 2. The predicted octanol–water partition coefficient (Wildman–Crippen LogP) is 3.07. The van der Waals surface area contributed by atoms with Crippen LogP contribution in [0.4, 0.5) is 37.7 Å². The van der Waals surface area contributed by atoms with Gasteiger partial charge in [-0.05, 0) is 39.1 Å². The Kier molecular flexibility index (Phi) is 11.1. The Hall–Kier alpha value is -2.90. The van der Waals surface area contributed by atoms with Gasteiger partial charge in [0.15, 0.2) is 0 Å². The van der Waals surface area contributed by atoms with E-state index in [-0.39, 0.29) is 0 Å². The summed E-state index contributed by atoms with van der Waals surface area (Å²) in [5.41, 5.74) is 7.75. The molecule has 0 amide bonds. The quantitative estimate of drug-likeness (QED) is 0.449. The summed E-state index contributed by atoms with van der Waals surface area (Å²) in [6, 6.07) is 6.74. The third-order valence-electron chi connectivity index (χ3n) is 4.26. The molecule has 14 heteroatoms. The molecular formula is C18H25F6N3O5. The number of ether oxygens (including phenoxy) is 1. The van der Waals surface area contributed by atoms with E-state index >= 15 is 0 Å². The van der Waals surface area contributed by atoms with Gasteiger partial charge in [-0.3, -0.25) is 0 Å². The smallest absolute Gasteiger partial charge is 0.490 e. The minimum Gasteiger partial charge on any atom is -0.495 e. The highest BCUT2D eigenvalue weighted by Crippen LogP contribution is 2.29. The van der Waals surface area contributed by atoms with Crippen molar-refractivity contribution in [3.8, 4) is 5.75 Å². The SMILES string of the molecule is COc1cc(N2CCC(N(C)C)CC2)ccc1N.O=C(O)C(F)(F)F.O=C(O)C(F)(F)F. The molecule has 0 aromatic heterocycles. The zero-order valence-electron chi connectivity index (χ0n) is 17.5. The fraction of sp³-hybridized carbons (Fsp3) is 0.556. The van der Waals surface area contributed by atoms with Crippen LogP contribution in [0, 0.1) is 0 Å². The molecule has 0 saturated carbocycles. The van der Waals surface area contributed by atoms with Crippen LogP contribution in [0.1, 0.15) is 12.8 Å². The van der Waals surface area contributed by atoms with Gasteiger partial charge in [0.05, 0.1) is 12.8 Å². The van der Waals surface area contributed by atoms with Crippen LogP contribution in [0.3, 0.4) is 0 Å². The monoisotopic (exact) mass is 477 g/mol. The summed E-state index contributed by atoms with van der Waals surface area (Å²) < 4.78 is 68.7. The first-order valence-corrected chi connectivity index (χ1v) is 8.95. The molecule has 0 atom stereocenters. The maximum Gasteiger partial charge on any atom is 0.490 e. The summed E-state index contributed by atoms with van der Waals surface area (Å²) in [5.74, 6) is -4.75. The highest BCUT2D eigenvalue weighted by molar-refractivity contribution is 5.73. The molecule has 1 saturated heterocycles. The van der Waals surface area contributed by atoms with E-state index in [1.807, 2.05) is 12.1 Å². The first kappa shape index (κ1) is 29.1. The van der Waals surface area contributed by atoms with E-state index in [4.69, 9.17) is 30.3 Å². The summed E-state index contributed by atoms with van der Waals surface area (Å²) in [4.78, 5) is 22.5. The normalized spacial score (nSPS) is 14.6. The molecule has 184 valence electrons. The lowest BCUT2D eigenvalue weighted by Crippen LogP contribution is -2.41. The molecule has 1 aliphatic rings. The van der Waals surface area contributed by atoms with Crippen molar-refractivity contribution in [3.05, 3.63) is 18.2 Å². The molecule has 1 aromatic rings. The zero-order valence-corrected chi connectivity index (χ0v) is 17.5. The summed E-state index contributed by atoms with van der Waals surface area (Å²) in [7, 11) is 5.98. The molecule has 1 fully saturated rings. The van der Waals surface area contributed by atoms with Gasteiger partial charge in [-0.1, -0.05) is 0 Å². The van der Waals surface area contributed by atoms with Crippen LogP contribution < -0.4 is 15.4 Å². The van der Waals surface area contributed by atoms with Crippen molar-refractivity contribution in [1.82, 2.24) is 4.90 Å². The zero-order chi connectivity index (χ0) is 25.3. The molecule has 32 heavy (non-hydrogen) atoms. The number of carbonyl (C=O) groups is 2. The van der Waals surface area contributed by atoms with Gasteiger partial charge in [-0.25, -0.2) is 9.59 Å². The Balaban J connectivity index is 0.000000570. The molecule has 2 rings (SSSR count). The number of rotatable bonds is 3. The Labute approximate surface area is 180 Å². The van der Waals surface area contributed by atoms with Crippen molar-refractivity contribution in [3.63, 3.8) is 0 Å². The number of piperidine rings is 1. The number of nitrogens with zero attached hydrogens (tertiary/aromatic N) is 2. The standard InChI is InChI=1S/C14H23N3O.2C2HF3O2/c1-16(2)11-6-8-17(9-7-11)12-4-5-13(15)14(10-12)18-3;2*3-2(4,5)1(6)7/h4-5,10-11H,6-9,15H2,1-3H3;2*(H,6,7). The maximum atomic E-state index is 10.6. The van der Waals surface area contributed by atoms with E-state index in [1.54, 1.807) is 7.11 Å². The van der Waals surface area contributed by atoms with Crippen LogP contribution >= 0.6 is 0 Å². The minimum atomic E-state index is -5.08. The number of benzene rings is 1. The fourth-order valence-electron chi connectivity index (χ4n) is 2.54. The summed E-state index contributed by atoms with van der Waals surface area (Å²) in [6.45, 7) is 2.19. The van der Waals surface area contributed by atoms with Crippen molar-refractivity contribution in [2.75, 3.05) is 44.9 Å². The number of halogens is 6. The van der Waals surface area contributed by atoms with Gasteiger partial charge in [0.2, 0.25) is 0 Å². The highest BCUT2D eigenvalue weighted by Gasteiger charge is 2.38. The number of hydrogen-bond acceptors (Lipinski definition) is 6. The Morgan fingerprint density at radius 2 is 1.44 bits per heavy atom. The van der Waals surface area contributed by atoms with Crippen LogP contribution in [0.2, 0.25) is 0 Å². The lowest BCUT2D eigenvalue weighted by atomic mass is 10.0. The molecular weight excluding hydrogens is 452 g/mol. The second kappa shape index (κ2) is 12.2. The molecule has 1 aromatic carbocycles. The molecule has 1 heterocycles. The number of nitrogens with two attached hydrogens (primary N) is 1. The molecule has 1 aliphatic heterocycles. The van der Waals surface area contributed by atoms with Gasteiger partial charge in [0.25, 0.3) is 0 Å². The summed E-state index contributed by atoms with van der Waals surface area (Å²) >= 11 is 0. The van der Waals surface area contributed by atoms with Crippen molar-refractivity contribution < 1.29 is 50.9 Å². The van der Waals surface area contributed by atoms with Crippen molar-refractivity contribution in [2.45, 2.75) is 31.2 Å². The van der Waals surface area contributed by atoms with Gasteiger partial charge >= 0.3 is 24.3 Å². The molecule has 0 aliphatic carbocycles. The van der Waals surface area contributed by atoms with Crippen LogP contribution in [0.5, 0.6) is 5.75 Å². The third-order valence-corrected chi connectivity index (χ3v) is 4.26. The lowest BCUT2D eigenvalue weighted by Gasteiger charge is -2.36. The average Bonchev–Trinajstić information content (AvgIpc) is 2.68. The van der Waals surface area contributed by atoms with Gasteiger partial charge in [-0.15, -0.1) is 0 Å². The number of alkyl halides is 6. The minimum absolute atomic E-state index is 0.699. The van der Waals surface area contributed by atoms with Crippen molar-refractivity contribution >= 4 is 23.3 Å². The molecule has 8 nitrogen and oxygen atoms in total. The fourth-order valence-corrected chi connectivity index (χ4v) is 2.54. The van der Waals surface area contributed by atoms with E-state index in [1.165, 1.54) is 18.5 Å². The van der Waals surface area contributed by atoms with Crippen LogP contribution in [0.25, 0.3) is 0 Å². The van der Waals surface area contributed by atoms with Gasteiger partial charge in [0, 0.05) is 30.9 Å². The maximum absolute atomic E-state index is 10.6. The van der Waals surface area contributed by atoms with E-state index < -0.39 is 24.3 Å². The third kappa shape index (κ3) is 10.4. The van der Waals surface area contributed by atoms with Crippen LogP contribution in [0.15, 0.2) is 18.2 Å². The van der Waals surface area contributed by atoms with Gasteiger partial charge in [0.1, 0.15) is 5.75 Å². The molecule has 0 radical (unpaired) electrons. The second-order valence-electron chi connectivity index (χ2n) is 6.71. The first-order chi connectivity index (χ1) is 14.5. The molecule has 4 N–H and O–H groups in total.